The van der Waals surface area contributed by atoms with Gasteiger partial charge in [0.1, 0.15) is 21.9 Å². The number of hydrogen-bond acceptors (Lipinski definition) is 7. The average molecular weight is 471 g/mol. The molecule has 0 aliphatic carbocycles. The normalized spacial score (nSPS) is 16.8. The van der Waals surface area contributed by atoms with Crippen LogP contribution in [-0.2, 0) is 0 Å². The minimum absolute atomic E-state index is 0.362. The molecule has 6 rings (SSSR count). The molecule has 0 radical (unpaired) electrons. The largest absolute Gasteiger partial charge is 0.456 e. The Balaban J connectivity index is 1.24. The third-order valence-corrected chi connectivity index (χ3v) is 7.43. The fourth-order valence-corrected chi connectivity index (χ4v) is 5.53. The highest BCUT2D eigenvalue weighted by molar-refractivity contribution is 7.21. The summed E-state index contributed by atoms with van der Waals surface area (Å²) in [5.74, 6) is 2.30. The lowest BCUT2D eigenvalue weighted by molar-refractivity contribution is 0.226. The number of nitrogens with one attached hydrogen (secondary N) is 2. The smallest absolute Gasteiger partial charge is 0.161 e. The molecule has 3 aromatic heterocycles. The van der Waals surface area contributed by atoms with Crippen molar-refractivity contribution >= 4 is 38.4 Å². The van der Waals surface area contributed by atoms with Crippen LogP contribution in [0.3, 0.4) is 0 Å². The Hall–Kier alpha value is -3.49. The first kappa shape index (κ1) is 21.1. The standard InChI is InChI=1S/C26H26N6OS/c1-2-32-15-5-6-18(16-32)28-25-23-21(13-14-27-24(23)30-31-25)33-19-11-9-17(10-12-19)26-29-20-7-3-4-8-22(20)34-26/h3-4,7-14,18H,2,5-6,15-16H2,1H3,(H2,27,28,30,31)/t18-/m1/s1. The first-order valence-electron chi connectivity index (χ1n) is 11.7. The van der Waals surface area contributed by atoms with Crippen molar-refractivity contribution in [3.8, 4) is 22.1 Å². The van der Waals surface area contributed by atoms with Gasteiger partial charge in [0.15, 0.2) is 11.5 Å². The minimum Gasteiger partial charge on any atom is -0.456 e. The molecule has 0 unspecified atom stereocenters. The first-order chi connectivity index (χ1) is 16.8. The van der Waals surface area contributed by atoms with Gasteiger partial charge in [-0.1, -0.05) is 19.1 Å². The number of aromatic nitrogens is 4. The second kappa shape index (κ2) is 9.04. The number of H-pyrrole nitrogens is 1. The lowest BCUT2D eigenvalue weighted by Crippen LogP contribution is -2.41. The van der Waals surface area contributed by atoms with E-state index >= 15 is 0 Å². The van der Waals surface area contributed by atoms with E-state index in [9.17, 15) is 0 Å². The molecule has 1 saturated heterocycles. The van der Waals surface area contributed by atoms with E-state index in [0.29, 0.717) is 11.7 Å². The van der Waals surface area contributed by atoms with Crippen LogP contribution in [0.2, 0.25) is 0 Å². The minimum atomic E-state index is 0.362. The highest BCUT2D eigenvalue weighted by atomic mass is 32.1. The number of fused-ring (bicyclic) bond motifs is 2. The Morgan fingerprint density at radius 2 is 2.03 bits per heavy atom. The van der Waals surface area contributed by atoms with Crippen LogP contribution in [0.15, 0.2) is 60.8 Å². The summed E-state index contributed by atoms with van der Waals surface area (Å²) in [6, 6.07) is 18.6. The zero-order chi connectivity index (χ0) is 22.9. The fourth-order valence-electron chi connectivity index (χ4n) is 4.55. The van der Waals surface area contributed by atoms with Gasteiger partial charge in [-0.15, -0.1) is 11.3 Å². The van der Waals surface area contributed by atoms with Crippen molar-refractivity contribution in [1.29, 1.82) is 0 Å². The number of hydrogen-bond donors (Lipinski definition) is 2. The second-order valence-electron chi connectivity index (χ2n) is 8.59. The maximum atomic E-state index is 6.30. The SMILES string of the molecule is CCN1CCC[C@@H](Nc2n[nH]c3nccc(Oc4ccc(-c5nc6ccccc6s5)cc4)c23)C1. The Morgan fingerprint density at radius 3 is 2.88 bits per heavy atom. The van der Waals surface area contributed by atoms with Crippen LogP contribution in [0.5, 0.6) is 11.5 Å². The summed E-state index contributed by atoms with van der Waals surface area (Å²) < 4.78 is 7.50. The molecule has 0 bridgehead atoms. The summed E-state index contributed by atoms with van der Waals surface area (Å²) in [7, 11) is 0. The number of pyridine rings is 1. The van der Waals surface area contributed by atoms with Gasteiger partial charge < -0.3 is 15.0 Å². The molecule has 1 atom stereocenters. The molecule has 34 heavy (non-hydrogen) atoms. The predicted octanol–water partition coefficient (Wildman–Crippen LogP) is 5.92. The van der Waals surface area contributed by atoms with Crippen LogP contribution in [-0.4, -0.2) is 50.7 Å². The summed E-state index contributed by atoms with van der Waals surface area (Å²) in [4.78, 5) is 11.7. The van der Waals surface area contributed by atoms with Crippen molar-refractivity contribution in [2.75, 3.05) is 25.0 Å². The fraction of sp³-hybridized carbons (Fsp3) is 0.269. The molecule has 1 aliphatic rings. The molecule has 0 spiro atoms. The maximum absolute atomic E-state index is 6.30. The van der Waals surface area contributed by atoms with Crippen LogP contribution in [0.1, 0.15) is 19.8 Å². The van der Waals surface area contributed by atoms with Gasteiger partial charge in [-0.25, -0.2) is 9.97 Å². The van der Waals surface area contributed by atoms with Gasteiger partial charge in [0.05, 0.1) is 10.2 Å². The van der Waals surface area contributed by atoms with Crippen molar-refractivity contribution in [2.24, 2.45) is 0 Å². The third kappa shape index (κ3) is 4.10. The van der Waals surface area contributed by atoms with E-state index in [-0.39, 0.29) is 0 Å². The van der Waals surface area contributed by atoms with Crippen LogP contribution in [0, 0.1) is 0 Å². The van der Waals surface area contributed by atoms with E-state index in [1.54, 1.807) is 17.5 Å². The van der Waals surface area contributed by atoms with Gasteiger partial charge in [-0.2, -0.15) is 5.10 Å². The van der Waals surface area contributed by atoms with E-state index in [1.807, 2.05) is 36.4 Å². The highest BCUT2D eigenvalue weighted by Crippen LogP contribution is 2.35. The summed E-state index contributed by atoms with van der Waals surface area (Å²) >= 11 is 1.70. The lowest BCUT2D eigenvalue weighted by Gasteiger charge is -2.32. The zero-order valence-corrected chi connectivity index (χ0v) is 19.8. The molecule has 1 fully saturated rings. The molecule has 8 heteroatoms. The summed E-state index contributed by atoms with van der Waals surface area (Å²) in [6.07, 6.45) is 4.07. The number of anilines is 1. The number of benzene rings is 2. The highest BCUT2D eigenvalue weighted by Gasteiger charge is 2.21. The molecule has 1 aliphatic heterocycles. The molecule has 2 aromatic carbocycles. The van der Waals surface area contributed by atoms with Crippen LogP contribution >= 0.6 is 11.3 Å². The number of rotatable bonds is 6. The van der Waals surface area contributed by atoms with Crippen molar-refractivity contribution < 1.29 is 4.74 Å². The molecule has 7 nitrogen and oxygen atoms in total. The van der Waals surface area contributed by atoms with Crippen LogP contribution in [0.25, 0.3) is 31.8 Å². The molecule has 0 saturated carbocycles. The van der Waals surface area contributed by atoms with Gasteiger partial charge in [-0.05, 0) is 62.3 Å². The van der Waals surface area contributed by atoms with Crippen molar-refractivity contribution in [3.63, 3.8) is 0 Å². The van der Waals surface area contributed by atoms with E-state index < -0.39 is 0 Å². The quantitative estimate of drug-likeness (QED) is 0.321. The molecule has 5 aromatic rings. The summed E-state index contributed by atoms with van der Waals surface area (Å²) in [5.41, 5.74) is 2.83. The lowest BCUT2D eigenvalue weighted by atomic mass is 10.1. The first-order valence-corrected chi connectivity index (χ1v) is 12.5. The predicted molar refractivity (Wildman–Crippen MR) is 138 cm³/mol. The summed E-state index contributed by atoms with van der Waals surface area (Å²) in [5, 5.41) is 13.1. The van der Waals surface area contributed by atoms with E-state index in [2.05, 4.69) is 50.5 Å². The number of para-hydroxylation sites is 1. The topological polar surface area (TPSA) is 79.0 Å². The van der Waals surface area contributed by atoms with Gasteiger partial charge in [-0.3, -0.25) is 5.10 Å². The van der Waals surface area contributed by atoms with E-state index in [4.69, 9.17) is 9.72 Å². The number of likely N-dealkylation sites (tertiary alicyclic amines) is 1. The third-order valence-electron chi connectivity index (χ3n) is 6.34. The molecule has 172 valence electrons. The van der Waals surface area contributed by atoms with Crippen LogP contribution in [0.4, 0.5) is 5.82 Å². The van der Waals surface area contributed by atoms with Gasteiger partial charge in [0.2, 0.25) is 0 Å². The second-order valence-corrected chi connectivity index (χ2v) is 9.63. The maximum Gasteiger partial charge on any atom is 0.161 e. The monoisotopic (exact) mass is 470 g/mol. The molecule has 0 amide bonds. The molecule has 2 N–H and O–H groups in total. The van der Waals surface area contributed by atoms with Gasteiger partial charge in [0, 0.05) is 30.4 Å². The number of aromatic amines is 1. The number of ether oxygens (including phenoxy) is 1. The number of piperidine rings is 1. The van der Waals surface area contributed by atoms with Crippen molar-refractivity contribution in [1.82, 2.24) is 25.1 Å². The Labute approximate surface area is 201 Å². The van der Waals surface area contributed by atoms with Gasteiger partial charge in [0.25, 0.3) is 0 Å². The number of thiazole rings is 1. The number of likely N-dealkylation sites (N-methyl/N-ethyl adjacent to an activating group) is 1. The van der Waals surface area contributed by atoms with Gasteiger partial charge >= 0.3 is 0 Å². The summed E-state index contributed by atoms with van der Waals surface area (Å²) in [6.45, 7) is 5.47. The zero-order valence-electron chi connectivity index (χ0n) is 19.0. The van der Waals surface area contributed by atoms with E-state index in [1.165, 1.54) is 17.7 Å². The molecule has 4 heterocycles. The van der Waals surface area contributed by atoms with Crippen molar-refractivity contribution in [3.05, 3.63) is 60.8 Å². The van der Waals surface area contributed by atoms with Crippen LogP contribution < -0.4 is 10.1 Å². The average Bonchev–Trinajstić information content (AvgIpc) is 3.50. The number of nitrogens with zero attached hydrogens (tertiary/aromatic N) is 4. The Morgan fingerprint density at radius 1 is 1.15 bits per heavy atom. The Bertz CT molecular complexity index is 1390. The van der Waals surface area contributed by atoms with Crippen molar-refractivity contribution in [2.45, 2.75) is 25.8 Å². The molecular weight excluding hydrogens is 444 g/mol. The Kier molecular flexibility index (Phi) is 5.60. The molecular formula is C26H26N6OS. The van der Waals surface area contributed by atoms with E-state index in [0.717, 1.165) is 58.3 Å².